The van der Waals surface area contributed by atoms with Crippen LogP contribution in [0.25, 0.3) is 10.8 Å². The van der Waals surface area contributed by atoms with Crippen molar-refractivity contribution in [2.24, 2.45) is 5.92 Å². The Hall–Kier alpha value is -2.14. The summed E-state index contributed by atoms with van der Waals surface area (Å²) < 4.78 is 0. The molecule has 0 bridgehead atoms. The molecule has 0 amide bonds. The molecule has 1 atom stereocenters. The number of aldehydes is 1. The van der Waals surface area contributed by atoms with E-state index in [1.165, 1.54) is 0 Å². The molecule has 2 aromatic carbocycles. The second-order valence-corrected chi connectivity index (χ2v) is 3.71. The van der Waals surface area contributed by atoms with Gasteiger partial charge in [0.2, 0.25) is 0 Å². The molecule has 1 unspecified atom stereocenters. The average molecular weight is 209 g/mol. The SMILES string of the molecule is N#CC(C=O)Cc1cccc2ccccc12. The highest BCUT2D eigenvalue weighted by Gasteiger charge is 2.08. The number of hydrogen-bond acceptors (Lipinski definition) is 2. The molecule has 2 rings (SSSR count). The monoisotopic (exact) mass is 209 g/mol. The van der Waals surface area contributed by atoms with Crippen LogP contribution < -0.4 is 0 Å². The Morgan fingerprint density at radius 3 is 2.69 bits per heavy atom. The number of fused-ring (bicyclic) bond motifs is 1. The minimum Gasteiger partial charge on any atom is -0.302 e. The lowest BCUT2D eigenvalue weighted by atomic mass is 9.96. The molecule has 78 valence electrons. The molecule has 0 N–H and O–H groups in total. The molecular formula is C14H11NO. The molecular weight excluding hydrogens is 198 g/mol. The first kappa shape index (κ1) is 10.4. The first-order valence-electron chi connectivity index (χ1n) is 5.16. The van der Waals surface area contributed by atoms with E-state index in [2.05, 4.69) is 0 Å². The maximum Gasteiger partial charge on any atom is 0.137 e. The van der Waals surface area contributed by atoms with Gasteiger partial charge in [-0.25, -0.2) is 0 Å². The van der Waals surface area contributed by atoms with E-state index in [1.54, 1.807) is 0 Å². The van der Waals surface area contributed by atoms with Crippen molar-refractivity contribution in [1.82, 2.24) is 0 Å². The van der Waals surface area contributed by atoms with E-state index in [4.69, 9.17) is 5.26 Å². The van der Waals surface area contributed by atoms with Crippen molar-refractivity contribution < 1.29 is 4.79 Å². The Balaban J connectivity index is 2.45. The summed E-state index contributed by atoms with van der Waals surface area (Å²) >= 11 is 0. The first-order valence-corrected chi connectivity index (χ1v) is 5.16. The quantitative estimate of drug-likeness (QED) is 0.729. The molecule has 0 aliphatic rings. The average Bonchev–Trinajstić information content (AvgIpc) is 2.36. The lowest BCUT2D eigenvalue weighted by Crippen LogP contribution is -2.03. The van der Waals surface area contributed by atoms with Crippen LogP contribution in [0.3, 0.4) is 0 Å². The van der Waals surface area contributed by atoms with Gasteiger partial charge in [0.1, 0.15) is 12.2 Å². The third-order valence-electron chi connectivity index (χ3n) is 2.65. The Bertz CT molecular complexity index is 549. The fourth-order valence-corrected chi connectivity index (χ4v) is 1.83. The smallest absolute Gasteiger partial charge is 0.137 e. The highest BCUT2D eigenvalue weighted by atomic mass is 16.1. The van der Waals surface area contributed by atoms with Crippen LogP contribution in [0.5, 0.6) is 0 Å². The van der Waals surface area contributed by atoms with Crippen LogP contribution in [-0.2, 0) is 11.2 Å². The summed E-state index contributed by atoms with van der Waals surface area (Å²) in [6, 6.07) is 15.9. The zero-order valence-corrected chi connectivity index (χ0v) is 8.76. The minimum absolute atomic E-state index is 0.487. The van der Waals surface area contributed by atoms with Crippen molar-refractivity contribution in [3.63, 3.8) is 0 Å². The summed E-state index contributed by atoms with van der Waals surface area (Å²) in [7, 11) is 0. The summed E-state index contributed by atoms with van der Waals surface area (Å²) in [5.41, 5.74) is 1.05. The van der Waals surface area contributed by atoms with E-state index in [0.717, 1.165) is 16.3 Å². The van der Waals surface area contributed by atoms with Crippen molar-refractivity contribution in [1.29, 1.82) is 5.26 Å². The normalized spacial score (nSPS) is 11.9. The van der Waals surface area contributed by atoms with Crippen LogP contribution in [0, 0.1) is 17.2 Å². The molecule has 0 saturated carbocycles. The van der Waals surface area contributed by atoms with Gasteiger partial charge in [-0.15, -0.1) is 0 Å². The van der Waals surface area contributed by atoms with Crippen molar-refractivity contribution >= 4 is 17.1 Å². The number of hydrogen-bond donors (Lipinski definition) is 0. The molecule has 0 aliphatic carbocycles. The number of nitrogens with zero attached hydrogens (tertiary/aromatic N) is 1. The standard InChI is InChI=1S/C14H11NO/c15-9-11(10-16)8-13-6-3-5-12-4-1-2-7-14(12)13/h1-7,10-11H,8H2. The van der Waals surface area contributed by atoms with Gasteiger partial charge in [-0.1, -0.05) is 42.5 Å². The van der Waals surface area contributed by atoms with Gasteiger partial charge in [-0.05, 0) is 22.8 Å². The van der Waals surface area contributed by atoms with Gasteiger partial charge >= 0.3 is 0 Å². The Kier molecular flexibility index (Phi) is 2.98. The second kappa shape index (κ2) is 4.59. The largest absolute Gasteiger partial charge is 0.302 e. The predicted octanol–water partition coefficient (Wildman–Crippen LogP) is 2.72. The number of nitriles is 1. The van der Waals surface area contributed by atoms with Gasteiger partial charge in [-0.2, -0.15) is 5.26 Å². The summed E-state index contributed by atoms with van der Waals surface area (Å²) in [5.74, 6) is -0.550. The maximum atomic E-state index is 10.7. The zero-order valence-electron chi connectivity index (χ0n) is 8.76. The number of benzene rings is 2. The van der Waals surface area contributed by atoms with E-state index in [9.17, 15) is 4.79 Å². The van der Waals surface area contributed by atoms with Gasteiger partial charge in [0, 0.05) is 0 Å². The minimum atomic E-state index is -0.550. The Labute approximate surface area is 94.1 Å². The van der Waals surface area contributed by atoms with E-state index < -0.39 is 5.92 Å². The third-order valence-corrected chi connectivity index (χ3v) is 2.65. The van der Waals surface area contributed by atoms with Crippen molar-refractivity contribution in [3.05, 3.63) is 48.0 Å². The summed E-state index contributed by atoms with van der Waals surface area (Å²) in [4.78, 5) is 10.7. The number of carbonyl (C=O) groups is 1. The van der Waals surface area contributed by atoms with Gasteiger partial charge in [0.25, 0.3) is 0 Å². The molecule has 0 fully saturated rings. The molecule has 0 spiro atoms. The molecule has 2 aromatic rings. The van der Waals surface area contributed by atoms with Crippen LogP contribution in [0.1, 0.15) is 5.56 Å². The fraction of sp³-hybridized carbons (Fsp3) is 0.143. The molecule has 0 radical (unpaired) electrons. The van der Waals surface area contributed by atoms with Crippen LogP contribution in [0.15, 0.2) is 42.5 Å². The number of rotatable bonds is 3. The van der Waals surface area contributed by atoms with Crippen LogP contribution in [0.2, 0.25) is 0 Å². The Morgan fingerprint density at radius 2 is 1.94 bits per heavy atom. The molecule has 0 aliphatic heterocycles. The van der Waals surface area contributed by atoms with E-state index >= 15 is 0 Å². The maximum absolute atomic E-state index is 10.7. The molecule has 0 aromatic heterocycles. The van der Waals surface area contributed by atoms with E-state index in [1.807, 2.05) is 48.5 Å². The van der Waals surface area contributed by atoms with Gasteiger partial charge in [0.15, 0.2) is 0 Å². The lowest BCUT2D eigenvalue weighted by Gasteiger charge is -2.06. The van der Waals surface area contributed by atoms with E-state index in [0.29, 0.717) is 12.7 Å². The zero-order chi connectivity index (χ0) is 11.4. The van der Waals surface area contributed by atoms with Crippen LogP contribution in [0.4, 0.5) is 0 Å². The fourth-order valence-electron chi connectivity index (χ4n) is 1.83. The first-order chi connectivity index (χ1) is 7.85. The summed E-state index contributed by atoms with van der Waals surface area (Å²) in [5, 5.41) is 11.0. The third kappa shape index (κ3) is 1.94. The molecule has 0 heterocycles. The van der Waals surface area contributed by atoms with Crippen molar-refractivity contribution in [2.45, 2.75) is 6.42 Å². The molecule has 2 heteroatoms. The summed E-state index contributed by atoms with van der Waals surface area (Å²) in [6.07, 6.45) is 1.20. The van der Waals surface area contributed by atoms with Gasteiger partial charge in [-0.3, -0.25) is 0 Å². The van der Waals surface area contributed by atoms with Crippen molar-refractivity contribution in [3.8, 4) is 6.07 Å². The highest BCUT2D eigenvalue weighted by Crippen LogP contribution is 2.20. The highest BCUT2D eigenvalue weighted by molar-refractivity contribution is 5.86. The lowest BCUT2D eigenvalue weighted by molar-refractivity contribution is -0.109. The molecule has 2 nitrogen and oxygen atoms in total. The Morgan fingerprint density at radius 1 is 1.19 bits per heavy atom. The second-order valence-electron chi connectivity index (χ2n) is 3.71. The van der Waals surface area contributed by atoms with E-state index in [-0.39, 0.29) is 0 Å². The molecule has 0 saturated heterocycles. The van der Waals surface area contributed by atoms with Gasteiger partial charge < -0.3 is 4.79 Å². The predicted molar refractivity (Wildman–Crippen MR) is 62.8 cm³/mol. The van der Waals surface area contributed by atoms with Crippen LogP contribution in [-0.4, -0.2) is 6.29 Å². The topological polar surface area (TPSA) is 40.9 Å². The van der Waals surface area contributed by atoms with Gasteiger partial charge in [0.05, 0.1) is 6.07 Å². The molecule has 16 heavy (non-hydrogen) atoms. The van der Waals surface area contributed by atoms with Crippen LogP contribution >= 0.6 is 0 Å². The van der Waals surface area contributed by atoms with Crippen molar-refractivity contribution in [2.75, 3.05) is 0 Å². The number of carbonyl (C=O) groups excluding carboxylic acids is 1. The summed E-state index contributed by atoms with van der Waals surface area (Å²) in [6.45, 7) is 0.